The predicted octanol–water partition coefficient (Wildman–Crippen LogP) is 0.848. The van der Waals surface area contributed by atoms with E-state index < -0.39 is 0 Å². The minimum absolute atomic E-state index is 0.265. The number of rotatable bonds is 6. The van der Waals surface area contributed by atoms with E-state index in [4.69, 9.17) is 9.84 Å². The number of hydrogen-bond donors (Lipinski definition) is 1. The topological polar surface area (TPSA) is 35.9 Å². The Hall–Kier alpha value is -1.10. The SMILES string of the molecule is COc1ccccc1CCN1CCN(CCO)CC1. The zero-order valence-corrected chi connectivity index (χ0v) is 11.7. The van der Waals surface area contributed by atoms with Gasteiger partial charge in [0.1, 0.15) is 5.75 Å². The smallest absolute Gasteiger partial charge is 0.122 e. The van der Waals surface area contributed by atoms with Gasteiger partial charge in [0, 0.05) is 39.3 Å². The van der Waals surface area contributed by atoms with Crippen molar-refractivity contribution in [2.45, 2.75) is 6.42 Å². The lowest BCUT2D eigenvalue weighted by Crippen LogP contribution is -2.47. The van der Waals surface area contributed by atoms with E-state index in [1.54, 1.807) is 7.11 Å². The van der Waals surface area contributed by atoms with E-state index in [0.29, 0.717) is 0 Å². The Morgan fingerprint density at radius 1 is 1.05 bits per heavy atom. The molecule has 4 heteroatoms. The van der Waals surface area contributed by atoms with Crippen molar-refractivity contribution < 1.29 is 9.84 Å². The summed E-state index contributed by atoms with van der Waals surface area (Å²) in [6.07, 6.45) is 1.03. The van der Waals surface area contributed by atoms with Crippen LogP contribution in [0, 0.1) is 0 Å². The summed E-state index contributed by atoms with van der Waals surface area (Å²) in [5.41, 5.74) is 1.28. The van der Waals surface area contributed by atoms with Gasteiger partial charge in [-0.3, -0.25) is 4.90 Å². The maximum atomic E-state index is 8.92. The molecule has 0 saturated carbocycles. The van der Waals surface area contributed by atoms with Gasteiger partial charge in [0.05, 0.1) is 13.7 Å². The molecule has 1 aliphatic rings. The number of nitrogens with zero attached hydrogens (tertiary/aromatic N) is 2. The molecule has 1 heterocycles. The van der Waals surface area contributed by atoms with E-state index >= 15 is 0 Å². The predicted molar refractivity (Wildman–Crippen MR) is 76.7 cm³/mol. The second-order valence-electron chi connectivity index (χ2n) is 4.97. The molecule has 0 bridgehead atoms. The number of hydrogen-bond acceptors (Lipinski definition) is 4. The molecule has 1 N–H and O–H groups in total. The van der Waals surface area contributed by atoms with Gasteiger partial charge < -0.3 is 14.7 Å². The lowest BCUT2D eigenvalue weighted by molar-refractivity contribution is 0.113. The zero-order chi connectivity index (χ0) is 13.5. The second-order valence-corrected chi connectivity index (χ2v) is 4.97. The normalized spacial score (nSPS) is 17.6. The number of piperazine rings is 1. The second kappa shape index (κ2) is 7.48. The average molecular weight is 264 g/mol. The van der Waals surface area contributed by atoms with E-state index in [9.17, 15) is 0 Å². The number of benzene rings is 1. The first kappa shape index (κ1) is 14.3. The van der Waals surface area contributed by atoms with Crippen LogP contribution < -0.4 is 4.74 Å². The highest BCUT2D eigenvalue weighted by Gasteiger charge is 2.16. The maximum absolute atomic E-state index is 8.92. The third-order valence-electron chi connectivity index (χ3n) is 3.77. The maximum Gasteiger partial charge on any atom is 0.122 e. The molecule has 1 fully saturated rings. The molecule has 0 aromatic heterocycles. The van der Waals surface area contributed by atoms with E-state index in [0.717, 1.165) is 51.4 Å². The highest BCUT2D eigenvalue weighted by Crippen LogP contribution is 2.18. The van der Waals surface area contributed by atoms with Crippen molar-refractivity contribution in [3.05, 3.63) is 29.8 Å². The van der Waals surface area contributed by atoms with Crippen molar-refractivity contribution in [2.24, 2.45) is 0 Å². The molecule has 1 aliphatic heterocycles. The Balaban J connectivity index is 1.77. The first-order valence-electron chi connectivity index (χ1n) is 7.01. The van der Waals surface area contributed by atoms with E-state index in [1.807, 2.05) is 12.1 Å². The fourth-order valence-electron chi connectivity index (χ4n) is 2.57. The van der Waals surface area contributed by atoms with Crippen LogP contribution in [0.2, 0.25) is 0 Å². The summed E-state index contributed by atoms with van der Waals surface area (Å²) in [5.74, 6) is 0.987. The van der Waals surface area contributed by atoms with Crippen molar-refractivity contribution in [1.82, 2.24) is 9.80 Å². The first-order valence-corrected chi connectivity index (χ1v) is 7.01. The van der Waals surface area contributed by atoms with E-state index in [2.05, 4.69) is 21.9 Å². The van der Waals surface area contributed by atoms with Gasteiger partial charge in [-0.25, -0.2) is 0 Å². The monoisotopic (exact) mass is 264 g/mol. The number of β-amino-alcohol motifs (C(OH)–C–C–N with tert-alkyl or cyclic N) is 1. The van der Waals surface area contributed by atoms with Crippen molar-refractivity contribution in [2.75, 3.05) is 53.0 Å². The third-order valence-corrected chi connectivity index (χ3v) is 3.77. The molecular formula is C15H24N2O2. The van der Waals surface area contributed by atoms with Crippen molar-refractivity contribution in [3.63, 3.8) is 0 Å². The van der Waals surface area contributed by atoms with Gasteiger partial charge in [-0.05, 0) is 18.1 Å². The molecule has 0 radical (unpaired) electrons. The van der Waals surface area contributed by atoms with Gasteiger partial charge in [0.25, 0.3) is 0 Å². The quantitative estimate of drug-likeness (QED) is 0.826. The van der Waals surface area contributed by atoms with Gasteiger partial charge in [-0.2, -0.15) is 0 Å². The standard InChI is InChI=1S/C15H24N2O2/c1-19-15-5-3-2-4-14(15)6-7-16-8-10-17(11-9-16)12-13-18/h2-5,18H,6-13H2,1H3. The molecule has 0 amide bonds. The summed E-state index contributed by atoms with van der Waals surface area (Å²) < 4.78 is 5.38. The Morgan fingerprint density at radius 2 is 1.68 bits per heavy atom. The molecular weight excluding hydrogens is 240 g/mol. The molecule has 106 valence electrons. The molecule has 0 atom stereocenters. The molecule has 0 aliphatic carbocycles. The van der Waals surface area contributed by atoms with Crippen LogP contribution in [0.1, 0.15) is 5.56 Å². The molecule has 0 spiro atoms. The van der Waals surface area contributed by atoms with Gasteiger partial charge in [-0.1, -0.05) is 18.2 Å². The van der Waals surface area contributed by atoms with Gasteiger partial charge >= 0.3 is 0 Å². The highest BCUT2D eigenvalue weighted by molar-refractivity contribution is 5.33. The number of ether oxygens (including phenoxy) is 1. The Bertz CT molecular complexity index is 376. The molecule has 0 unspecified atom stereocenters. The molecule has 1 aromatic carbocycles. The molecule has 4 nitrogen and oxygen atoms in total. The summed E-state index contributed by atoms with van der Waals surface area (Å²) >= 11 is 0. The van der Waals surface area contributed by atoms with Crippen LogP contribution >= 0.6 is 0 Å². The minimum Gasteiger partial charge on any atom is -0.496 e. The lowest BCUT2D eigenvalue weighted by Gasteiger charge is -2.34. The largest absolute Gasteiger partial charge is 0.496 e. The fraction of sp³-hybridized carbons (Fsp3) is 0.600. The number of methoxy groups -OCH3 is 1. The van der Waals surface area contributed by atoms with Crippen LogP contribution in [0.15, 0.2) is 24.3 Å². The zero-order valence-electron chi connectivity index (χ0n) is 11.7. The summed E-state index contributed by atoms with van der Waals surface area (Å²) in [5, 5.41) is 8.92. The van der Waals surface area contributed by atoms with Gasteiger partial charge in [-0.15, -0.1) is 0 Å². The minimum atomic E-state index is 0.265. The summed E-state index contributed by atoms with van der Waals surface area (Å²) in [6.45, 7) is 6.46. The van der Waals surface area contributed by atoms with E-state index in [-0.39, 0.29) is 6.61 Å². The third kappa shape index (κ3) is 4.20. The van der Waals surface area contributed by atoms with Crippen LogP contribution in [-0.4, -0.2) is 67.9 Å². The van der Waals surface area contributed by atoms with Crippen LogP contribution in [0.5, 0.6) is 5.75 Å². The van der Waals surface area contributed by atoms with Crippen molar-refractivity contribution in [1.29, 1.82) is 0 Å². The van der Waals surface area contributed by atoms with Crippen LogP contribution in [0.4, 0.5) is 0 Å². The molecule has 1 saturated heterocycles. The fourth-order valence-corrected chi connectivity index (χ4v) is 2.57. The lowest BCUT2D eigenvalue weighted by atomic mass is 10.1. The van der Waals surface area contributed by atoms with Crippen molar-refractivity contribution >= 4 is 0 Å². The van der Waals surface area contributed by atoms with Crippen molar-refractivity contribution in [3.8, 4) is 5.75 Å². The number of aliphatic hydroxyl groups is 1. The van der Waals surface area contributed by atoms with Gasteiger partial charge in [0.15, 0.2) is 0 Å². The van der Waals surface area contributed by atoms with Crippen LogP contribution in [0.3, 0.4) is 0 Å². The average Bonchev–Trinajstić information content (AvgIpc) is 2.47. The van der Waals surface area contributed by atoms with E-state index in [1.165, 1.54) is 5.56 Å². The van der Waals surface area contributed by atoms with Gasteiger partial charge in [0.2, 0.25) is 0 Å². The Morgan fingerprint density at radius 3 is 2.32 bits per heavy atom. The first-order chi connectivity index (χ1) is 9.33. The summed E-state index contributed by atoms with van der Waals surface area (Å²) in [6, 6.07) is 8.24. The Labute approximate surface area is 115 Å². The van der Waals surface area contributed by atoms with Crippen LogP contribution in [-0.2, 0) is 6.42 Å². The number of aliphatic hydroxyl groups excluding tert-OH is 1. The number of para-hydroxylation sites is 1. The van der Waals surface area contributed by atoms with Crippen LogP contribution in [0.25, 0.3) is 0 Å². The highest BCUT2D eigenvalue weighted by atomic mass is 16.5. The Kier molecular flexibility index (Phi) is 5.63. The molecule has 19 heavy (non-hydrogen) atoms. The summed E-state index contributed by atoms with van der Waals surface area (Å²) in [7, 11) is 1.73. The molecule has 2 rings (SSSR count). The molecule has 1 aromatic rings. The summed E-state index contributed by atoms with van der Waals surface area (Å²) in [4.78, 5) is 4.81.